The number of hydrogen-bond donors (Lipinski definition) is 2. The number of anilines is 1. The Morgan fingerprint density at radius 1 is 1.45 bits per heavy atom. The number of β-amino-alcohol motifs (C(OH)–C–C–N with tert-alkyl or cyclic N) is 1. The highest BCUT2D eigenvalue weighted by atomic mass is 79.9. The first-order chi connectivity index (χ1) is 9.37. The second kappa shape index (κ2) is 6.46. The first kappa shape index (κ1) is 15.8. The minimum absolute atomic E-state index is 0.565. The highest BCUT2D eigenvalue weighted by Crippen LogP contribution is 2.31. The lowest BCUT2D eigenvalue weighted by Crippen LogP contribution is -2.30. The quantitative estimate of drug-likeness (QED) is 0.864. The first-order valence-electron chi connectivity index (χ1n) is 7.34. The topological polar surface area (TPSA) is 35.5 Å². The molecule has 0 saturated carbocycles. The summed E-state index contributed by atoms with van der Waals surface area (Å²) in [4.78, 5) is 2.29. The fraction of sp³-hybridized carbons (Fsp3) is 0.625. The molecule has 1 unspecified atom stereocenters. The number of benzene rings is 1. The van der Waals surface area contributed by atoms with Gasteiger partial charge in [0.25, 0.3) is 0 Å². The van der Waals surface area contributed by atoms with E-state index in [9.17, 15) is 5.11 Å². The molecule has 20 heavy (non-hydrogen) atoms. The number of nitrogens with zero attached hydrogens (tertiary/aromatic N) is 1. The molecule has 1 atom stereocenters. The summed E-state index contributed by atoms with van der Waals surface area (Å²) in [5.74, 6) is 0.654. The van der Waals surface area contributed by atoms with Gasteiger partial charge in [-0.1, -0.05) is 35.8 Å². The minimum Gasteiger partial charge on any atom is -0.388 e. The predicted molar refractivity (Wildman–Crippen MR) is 88.1 cm³/mol. The van der Waals surface area contributed by atoms with Crippen molar-refractivity contribution in [2.75, 3.05) is 24.5 Å². The lowest BCUT2D eigenvalue weighted by Gasteiger charge is -2.24. The van der Waals surface area contributed by atoms with Gasteiger partial charge in [-0.2, -0.15) is 0 Å². The molecular formula is C16H25BrN2O. The standard InChI is InChI=1S/C16H25BrN2O/c1-12(2)9-18-10-13-4-5-14(17)8-15(13)19-7-6-16(3,20)11-19/h4-5,8,12,18,20H,6-7,9-11H2,1-3H3. The summed E-state index contributed by atoms with van der Waals surface area (Å²) in [5.41, 5.74) is 1.96. The van der Waals surface area contributed by atoms with E-state index in [1.54, 1.807) is 0 Å². The largest absolute Gasteiger partial charge is 0.388 e. The van der Waals surface area contributed by atoms with Gasteiger partial charge in [-0.05, 0) is 43.5 Å². The molecule has 0 aliphatic carbocycles. The summed E-state index contributed by atoms with van der Waals surface area (Å²) in [7, 11) is 0. The van der Waals surface area contributed by atoms with Crippen molar-refractivity contribution in [3.8, 4) is 0 Å². The molecule has 2 rings (SSSR count). The van der Waals surface area contributed by atoms with E-state index in [1.165, 1.54) is 11.3 Å². The summed E-state index contributed by atoms with van der Waals surface area (Å²) in [5, 5.41) is 13.7. The molecule has 4 heteroatoms. The van der Waals surface area contributed by atoms with E-state index >= 15 is 0 Å². The van der Waals surface area contributed by atoms with E-state index < -0.39 is 5.60 Å². The van der Waals surface area contributed by atoms with E-state index in [0.29, 0.717) is 12.5 Å². The zero-order chi connectivity index (χ0) is 14.8. The third kappa shape index (κ3) is 4.21. The van der Waals surface area contributed by atoms with E-state index in [-0.39, 0.29) is 0 Å². The van der Waals surface area contributed by atoms with Gasteiger partial charge in [-0.3, -0.25) is 0 Å². The second-order valence-electron chi connectivity index (χ2n) is 6.47. The maximum Gasteiger partial charge on any atom is 0.0810 e. The fourth-order valence-corrected chi connectivity index (χ4v) is 2.98. The van der Waals surface area contributed by atoms with Crippen molar-refractivity contribution in [3.63, 3.8) is 0 Å². The Kier molecular flexibility index (Phi) is 5.10. The van der Waals surface area contributed by atoms with Crippen LogP contribution in [0.15, 0.2) is 22.7 Å². The summed E-state index contributed by atoms with van der Waals surface area (Å²) in [6.07, 6.45) is 0.832. The Hall–Kier alpha value is -0.580. The second-order valence-corrected chi connectivity index (χ2v) is 7.38. The van der Waals surface area contributed by atoms with Gasteiger partial charge in [0.15, 0.2) is 0 Å². The van der Waals surface area contributed by atoms with Crippen molar-refractivity contribution in [1.29, 1.82) is 0 Å². The highest BCUT2D eigenvalue weighted by Gasteiger charge is 2.32. The van der Waals surface area contributed by atoms with E-state index in [4.69, 9.17) is 0 Å². The van der Waals surface area contributed by atoms with Crippen LogP contribution < -0.4 is 10.2 Å². The summed E-state index contributed by atoms with van der Waals surface area (Å²) >= 11 is 3.55. The Morgan fingerprint density at radius 2 is 2.20 bits per heavy atom. The maximum absolute atomic E-state index is 10.2. The van der Waals surface area contributed by atoms with Crippen LogP contribution in [0.5, 0.6) is 0 Å². The Labute approximate surface area is 130 Å². The van der Waals surface area contributed by atoms with Gasteiger partial charge in [-0.25, -0.2) is 0 Å². The van der Waals surface area contributed by atoms with Gasteiger partial charge in [0.2, 0.25) is 0 Å². The van der Waals surface area contributed by atoms with Crippen molar-refractivity contribution in [2.24, 2.45) is 5.92 Å². The number of nitrogens with one attached hydrogen (secondary N) is 1. The number of rotatable bonds is 5. The van der Waals surface area contributed by atoms with Crippen LogP contribution in [0.25, 0.3) is 0 Å². The van der Waals surface area contributed by atoms with Crippen LogP contribution in [0.3, 0.4) is 0 Å². The number of aliphatic hydroxyl groups is 1. The zero-order valence-corrected chi connectivity index (χ0v) is 14.2. The van der Waals surface area contributed by atoms with Crippen LogP contribution in [0, 0.1) is 5.92 Å². The third-order valence-corrected chi connectivity index (χ3v) is 4.20. The average Bonchev–Trinajstić information content (AvgIpc) is 2.71. The van der Waals surface area contributed by atoms with Crippen molar-refractivity contribution in [2.45, 2.75) is 39.3 Å². The number of hydrogen-bond acceptors (Lipinski definition) is 3. The molecule has 0 aromatic heterocycles. The fourth-order valence-electron chi connectivity index (χ4n) is 2.63. The highest BCUT2D eigenvalue weighted by molar-refractivity contribution is 9.10. The van der Waals surface area contributed by atoms with Gasteiger partial charge < -0.3 is 15.3 Å². The zero-order valence-electron chi connectivity index (χ0n) is 12.6. The van der Waals surface area contributed by atoms with Crippen LogP contribution >= 0.6 is 15.9 Å². The molecule has 1 heterocycles. The van der Waals surface area contributed by atoms with Crippen molar-refractivity contribution in [3.05, 3.63) is 28.2 Å². The molecule has 0 spiro atoms. The Bertz CT molecular complexity index is 460. The van der Waals surface area contributed by atoms with Crippen molar-refractivity contribution < 1.29 is 5.11 Å². The predicted octanol–water partition coefficient (Wildman–Crippen LogP) is 3.16. The van der Waals surface area contributed by atoms with E-state index in [0.717, 1.165) is 30.5 Å². The molecule has 1 aliphatic rings. The van der Waals surface area contributed by atoms with Gasteiger partial charge in [0, 0.05) is 29.8 Å². The summed E-state index contributed by atoms with van der Waals surface area (Å²) in [6, 6.07) is 6.41. The summed E-state index contributed by atoms with van der Waals surface area (Å²) in [6.45, 7) is 9.87. The normalized spacial score (nSPS) is 22.8. The molecule has 0 amide bonds. The Morgan fingerprint density at radius 3 is 2.80 bits per heavy atom. The van der Waals surface area contributed by atoms with Gasteiger partial charge in [-0.15, -0.1) is 0 Å². The average molecular weight is 341 g/mol. The molecule has 1 fully saturated rings. The lowest BCUT2D eigenvalue weighted by atomic mass is 10.1. The first-order valence-corrected chi connectivity index (χ1v) is 8.13. The van der Waals surface area contributed by atoms with Crippen LogP contribution in [-0.4, -0.2) is 30.3 Å². The van der Waals surface area contributed by atoms with Crippen LogP contribution in [-0.2, 0) is 6.54 Å². The molecule has 0 radical (unpaired) electrons. The Balaban J connectivity index is 2.12. The molecule has 1 aromatic carbocycles. The molecule has 112 valence electrons. The van der Waals surface area contributed by atoms with E-state index in [1.807, 2.05) is 6.92 Å². The van der Waals surface area contributed by atoms with Gasteiger partial charge >= 0.3 is 0 Å². The number of halogens is 1. The van der Waals surface area contributed by atoms with Crippen LogP contribution in [0.4, 0.5) is 5.69 Å². The monoisotopic (exact) mass is 340 g/mol. The van der Waals surface area contributed by atoms with Gasteiger partial charge in [0.1, 0.15) is 0 Å². The van der Waals surface area contributed by atoms with Crippen LogP contribution in [0.2, 0.25) is 0 Å². The minimum atomic E-state index is -0.565. The smallest absolute Gasteiger partial charge is 0.0810 e. The summed E-state index contributed by atoms with van der Waals surface area (Å²) < 4.78 is 1.09. The lowest BCUT2D eigenvalue weighted by molar-refractivity contribution is 0.0839. The molecule has 1 aliphatic heterocycles. The van der Waals surface area contributed by atoms with E-state index in [2.05, 4.69) is 58.2 Å². The molecule has 2 N–H and O–H groups in total. The van der Waals surface area contributed by atoms with Crippen molar-refractivity contribution >= 4 is 21.6 Å². The van der Waals surface area contributed by atoms with Gasteiger partial charge in [0.05, 0.1) is 5.60 Å². The maximum atomic E-state index is 10.2. The van der Waals surface area contributed by atoms with Crippen molar-refractivity contribution in [1.82, 2.24) is 5.32 Å². The molecule has 1 aromatic rings. The SMILES string of the molecule is CC(C)CNCc1ccc(Br)cc1N1CCC(C)(O)C1. The molecule has 0 bridgehead atoms. The molecule has 3 nitrogen and oxygen atoms in total. The van der Waals surface area contributed by atoms with Crippen LogP contribution in [0.1, 0.15) is 32.8 Å². The molecule has 1 saturated heterocycles. The third-order valence-electron chi connectivity index (χ3n) is 3.71. The molecular weight excluding hydrogens is 316 g/mol.